The smallest absolute Gasteiger partial charge is 0.255 e. The van der Waals surface area contributed by atoms with Crippen LogP contribution < -0.4 is 0 Å². The summed E-state index contributed by atoms with van der Waals surface area (Å²) in [6.45, 7) is 5.89. The van der Waals surface area contributed by atoms with E-state index in [4.69, 9.17) is 0 Å². The van der Waals surface area contributed by atoms with Gasteiger partial charge in [0.15, 0.2) is 5.78 Å². The quantitative estimate of drug-likeness (QED) is 0.751. The maximum atomic E-state index is 15.1. The number of aromatic nitrogens is 3. The molecular weight excluding hydrogens is 412 g/mol. The number of carbonyl (C=O) groups is 1. The molecule has 0 amide bonds. The Morgan fingerprint density at radius 1 is 1.09 bits per heavy atom. The molecule has 0 bridgehead atoms. The summed E-state index contributed by atoms with van der Waals surface area (Å²) in [5.74, 6) is -3.08. The lowest BCUT2D eigenvalue weighted by atomic mass is 9.47. The van der Waals surface area contributed by atoms with Gasteiger partial charge in [0.1, 0.15) is 6.54 Å². The number of nitrogens with zero attached hydrogens (tertiary/aromatic N) is 3. The van der Waals surface area contributed by atoms with E-state index < -0.39 is 29.3 Å². The van der Waals surface area contributed by atoms with Crippen LogP contribution in [0.5, 0.6) is 0 Å². The van der Waals surface area contributed by atoms with Gasteiger partial charge in [-0.2, -0.15) is 15.0 Å². The lowest BCUT2D eigenvalue weighted by Crippen LogP contribution is -2.53. The van der Waals surface area contributed by atoms with Crippen molar-refractivity contribution in [3.63, 3.8) is 0 Å². The van der Waals surface area contributed by atoms with E-state index in [1.54, 1.807) is 6.20 Å². The van der Waals surface area contributed by atoms with Gasteiger partial charge < -0.3 is 5.11 Å². The first-order chi connectivity index (χ1) is 15.0. The first-order valence-electron chi connectivity index (χ1n) is 12.5. The molecule has 1 aromatic rings. The third-order valence-corrected chi connectivity index (χ3v) is 10.5. The summed E-state index contributed by atoms with van der Waals surface area (Å²) < 4.78 is 30.2. The van der Waals surface area contributed by atoms with Crippen LogP contribution in [-0.4, -0.2) is 37.4 Å². The molecule has 5 aliphatic carbocycles. The highest BCUT2D eigenvalue weighted by molar-refractivity contribution is 5.83. The Labute approximate surface area is 188 Å². The number of fused-ring (bicyclic) bond motifs is 7. The van der Waals surface area contributed by atoms with Crippen molar-refractivity contribution in [1.82, 2.24) is 15.0 Å². The lowest BCUT2D eigenvalue weighted by molar-refractivity contribution is -0.146. The van der Waals surface area contributed by atoms with Crippen molar-refractivity contribution < 1.29 is 18.7 Å². The summed E-state index contributed by atoms with van der Waals surface area (Å²) in [5, 5.41) is 18.9. The third-order valence-electron chi connectivity index (χ3n) is 10.5. The van der Waals surface area contributed by atoms with Crippen molar-refractivity contribution >= 4 is 5.78 Å². The van der Waals surface area contributed by atoms with E-state index in [0.717, 1.165) is 50.6 Å². The fourth-order valence-corrected chi connectivity index (χ4v) is 9.34. The van der Waals surface area contributed by atoms with Gasteiger partial charge in [0, 0.05) is 17.8 Å². The fourth-order valence-electron chi connectivity index (χ4n) is 9.34. The SMILES string of the molecule is Cc1cnn(CC(=O)[C@H]2[C@@H]3[C@H]([C@H]4[C@@H]5CC[C@@H]6C[C@](C)(O)CC[C@@H]6[C@H]5CC[C@@]42C)C3(F)F)n1. The van der Waals surface area contributed by atoms with E-state index in [-0.39, 0.29) is 23.7 Å². The number of halogens is 2. The molecule has 0 radical (unpaired) electrons. The molecule has 5 nitrogen and oxygen atoms in total. The van der Waals surface area contributed by atoms with Crippen molar-refractivity contribution in [1.29, 1.82) is 0 Å². The number of carbonyl (C=O) groups excluding carboxylic acids is 1. The summed E-state index contributed by atoms with van der Waals surface area (Å²) in [6.07, 6.45) is 8.19. The van der Waals surface area contributed by atoms with Gasteiger partial charge in [-0.15, -0.1) is 0 Å². The molecule has 1 aromatic heterocycles. The van der Waals surface area contributed by atoms with Gasteiger partial charge in [0.25, 0.3) is 5.92 Å². The Kier molecular flexibility index (Phi) is 4.37. The molecular formula is C25H35F2N3O2. The molecule has 0 aromatic carbocycles. The minimum atomic E-state index is -2.72. The highest BCUT2D eigenvalue weighted by Gasteiger charge is 2.84. The van der Waals surface area contributed by atoms with Crippen molar-refractivity contribution in [2.45, 2.75) is 83.8 Å². The number of aryl methyl sites for hydroxylation is 1. The Morgan fingerprint density at radius 2 is 1.84 bits per heavy atom. The first kappa shape index (κ1) is 21.2. The van der Waals surface area contributed by atoms with E-state index in [1.807, 2.05) is 13.8 Å². The van der Waals surface area contributed by atoms with E-state index >= 15 is 8.78 Å². The molecule has 7 heteroatoms. The Morgan fingerprint density at radius 3 is 2.56 bits per heavy atom. The second kappa shape index (κ2) is 6.61. The molecule has 6 rings (SSSR count). The van der Waals surface area contributed by atoms with Crippen LogP contribution in [-0.2, 0) is 11.3 Å². The minimum Gasteiger partial charge on any atom is -0.390 e. The topological polar surface area (TPSA) is 68.0 Å². The van der Waals surface area contributed by atoms with Crippen LogP contribution in [0.4, 0.5) is 8.78 Å². The van der Waals surface area contributed by atoms with Crippen molar-refractivity contribution in [2.75, 3.05) is 0 Å². The molecule has 32 heavy (non-hydrogen) atoms. The van der Waals surface area contributed by atoms with Crippen LogP contribution in [0.2, 0.25) is 0 Å². The Bertz CT molecular complexity index is 945. The van der Waals surface area contributed by atoms with Crippen LogP contribution >= 0.6 is 0 Å². The van der Waals surface area contributed by atoms with E-state index in [2.05, 4.69) is 17.1 Å². The third kappa shape index (κ3) is 2.85. The Balaban J connectivity index is 1.28. The number of rotatable bonds is 3. The predicted octanol–water partition coefficient (Wildman–Crippen LogP) is 4.28. The lowest BCUT2D eigenvalue weighted by Gasteiger charge is -2.57. The normalized spacial score (nSPS) is 50.7. The van der Waals surface area contributed by atoms with E-state index in [0.29, 0.717) is 23.7 Å². The molecule has 10 atom stereocenters. The number of hydrogen-bond donors (Lipinski definition) is 1. The van der Waals surface area contributed by atoms with Gasteiger partial charge >= 0.3 is 0 Å². The van der Waals surface area contributed by atoms with Gasteiger partial charge in [-0.1, -0.05) is 6.92 Å². The van der Waals surface area contributed by atoms with Crippen molar-refractivity contribution in [3.8, 4) is 0 Å². The summed E-state index contributed by atoms with van der Waals surface area (Å²) in [6, 6.07) is 0. The van der Waals surface area contributed by atoms with Gasteiger partial charge in [-0.05, 0) is 93.8 Å². The average Bonchev–Trinajstić information content (AvgIpc) is 3.01. The molecule has 5 fully saturated rings. The molecule has 1 heterocycles. The zero-order valence-electron chi connectivity index (χ0n) is 19.3. The van der Waals surface area contributed by atoms with Crippen LogP contribution in [0, 0.1) is 59.7 Å². The highest BCUT2D eigenvalue weighted by atomic mass is 19.3. The average molecular weight is 448 g/mol. The molecule has 0 unspecified atom stereocenters. The number of Topliss-reactive ketones (excluding diaryl/α,β-unsaturated/α-hetero) is 1. The molecule has 0 aliphatic heterocycles. The maximum absolute atomic E-state index is 15.1. The van der Waals surface area contributed by atoms with E-state index in [9.17, 15) is 9.90 Å². The first-order valence-corrected chi connectivity index (χ1v) is 12.5. The summed E-state index contributed by atoms with van der Waals surface area (Å²) in [7, 11) is 0. The number of ketones is 1. The van der Waals surface area contributed by atoms with Gasteiger partial charge in [0.2, 0.25) is 0 Å². The van der Waals surface area contributed by atoms with Crippen molar-refractivity contribution in [2.24, 2.45) is 52.8 Å². The van der Waals surface area contributed by atoms with Crippen molar-refractivity contribution in [3.05, 3.63) is 11.9 Å². The summed E-state index contributed by atoms with van der Waals surface area (Å²) in [5.41, 5.74) is -0.188. The van der Waals surface area contributed by atoms with Crippen LogP contribution in [0.25, 0.3) is 0 Å². The number of hydrogen-bond acceptors (Lipinski definition) is 4. The standard InChI is InChI=1S/C25H35F2N3O2/c1-13-11-28-30(29-13)12-18(31)20-22-21(25(22,26)27)19-17-5-4-14-10-23(2,32)8-6-15(14)16(17)7-9-24(19,20)3/h11,14-17,19-22,32H,4-10,12H2,1-3H3/t14-,15+,16-,17-,19-,20+,21+,22-,23-,24+/m1/s1. The summed E-state index contributed by atoms with van der Waals surface area (Å²) in [4.78, 5) is 14.8. The molecule has 176 valence electrons. The Hall–Kier alpha value is -1.37. The molecule has 0 saturated heterocycles. The second-order valence-electron chi connectivity index (χ2n) is 12.3. The summed E-state index contributed by atoms with van der Waals surface area (Å²) >= 11 is 0. The molecule has 5 saturated carbocycles. The van der Waals surface area contributed by atoms with Crippen LogP contribution in [0.15, 0.2) is 6.20 Å². The zero-order chi connectivity index (χ0) is 22.6. The molecule has 0 spiro atoms. The second-order valence-corrected chi connectivity index (χ2v) is 12.3. The van der Waals surface area contributed by atoms with Gasteiger partial charge in [-0.3, -0.25) is 4.79 Å². The minimum absolute atomic E-state index is 0.00596. The highest BCUT2D eigenvalue weighted by Crippen LogP contribution is 2.79. The van der Waals surface area contributed by atoms with Gasteiger partial charge in [-0.25, -0.2) is 8.78 Å². The van der Waals surface area contributed by atoms with Crippen LogP contribution in [0.3, 0.4) is 0 Å². The fraction of sp³-hybridized carbons (Fsp3) is 0.880. The monoisotopic (exact) mass is 447 g/mol. The van der Waals surface area contributed by atoms with E-state index in [1.165, 1.54) is 4.80 Å². The number of aliphatic hydroxyl groups is 1. The maximum Gasteiger partial charge on any atom is 0.255 e. The predicted molar refractivity (Wildman–Crippen MR) is 114 cm³/mol. The zero-order valence-corrected chi connectivity index (χ0v) is 19.3. The molecule has 5 aliphatic rings. The number of alkyl halides is 2. The van der Waals surface area contributed by atoms with Crippen LogP contribution in [0.1, 0.15) is 64.5 Å². The largest absolute Gasteiger partial charge is 0.390 e. The van der Waals surface area contributed by atoms with Gasteiger partial charge in [0.05, 0.1) is 17.5 Å². The molecule has 1 N–H and O–H groups in total.